The molecule has 1 N–H and O–H groups in total. The highest BCUT2D eigenvalue weighted by atomic mass is 16.1. The molecule has 3 aromatic heterocycles. The molecule has 5 rings (SSSR count). The Labute approximate surface area is 169 Å². The summed E-state index contributed by atoms with van der Waals surface area (Å²) in [6.07, 6.45) is 3.66. The summed E-state index contributed by atoms with van der Waals surface area (Å²) < 4.78 is 2.03. The van der Waals surface area contributed by atoms with Crippen LogP contribution in [0, 0.1) is 5.92 Å². The maximum absolute atomic E-state index is 12.5. The van der Waals surface area contributed by atoms with Crippen molar-refractivity contribution in [2.75, 3.05) is 25.0 Å². The number of amides is 1. The number of aromatic nitrogens is 3. The van der Waals surface area contributed by atoms with Gasteiger partial charge < -0.3 is 10.2 Å². The van der Waals surface area contributed by atoms with E-state index in [9.17, 15) is 4.79 Å². The van der Waals surface area contributed by atoms with Crippen molar-refractivity contribution in [2.24, 2.45) is 5.92 Å². The Kier molecular flexibility index (Phi) is 4.34. The number of carbonyl (C=O) groups excluding carboxylic acids is 1. The van der Waals surface area contributed by atoms with Crippen molar-refractivity contribution in [2.45, 2.75) is 26.2 Å². The first-order valence-corrected chi connectivity index (χ1v) is 10.3. The van der Waals surface area contributed by atoms with Crippen LogP contribution in [0.15, 0.2) is 42.5 Å². The molecule has 6 nitrogen and oxygen atoms in total. The van der Waals surface area contributed by atoms with Gasteiger partial charge in [0.05, 0.1) is 16.6 Å². The van der Waals surface area contributed by atoms with Crippen LogP contribution in [0.2, 0.25) is 0 Å². The van der Waals surface area contributed by atoms with Crippen LogP contribution in [0.1, 0.15) is 36.5 Å². The van der Waals surface area contributed by atoms with Crippen LogP contribution >= 0.6 is 0 Å². The molecule has 1 atom stereocenters. The minimum Gasteiger partial charge on any atom is -0.357 e. The molecule has 0 bridgehead atoms. The van der Waals surface area contributed by atoms with Gasteiger partial charge in [0, 0.05) is 25.5 Å². The Bertz CT molecular complexity index is 1230. The Hall–Kier alpha value is -3.15. The fourth-order valence-corrected chi connectivity index (χ4v) is 4.35. The van der Waals surface area contributed by atoms with Crippen LogP contribution in [0.3, 0.4) is 0 Å². The van der Waals surface area contributed by atoms with E-state index in [1.54, 1.807) is 7.05 Å². The van der Waals surface area contributed by atoms with Crippen molar-refractivity contribution in [3.05, 3.63) is 48.0 Å². The molecule has 1 amide bonds. The first-order chi connectivity index (χ1) is 14.2. The molecule has 0 saturated carbocycles. The number of hydrogen-bond donors (Lipinski definition) is 1. The molecule has 1 saturated heterocycles. The molecular formula is C23H25N5O. The Morgan fingerprint density at radius 2 is 1.93 bits per heavy atom. The van der Waals surface area contributed by atoms with Crippen molar-refractivity contribution in [3.63, 3.8) is 0 Å². The average molecular weight is 387 g/mol. The number of imidazole rings is 1. The molecule has 0 spiro atoms. The lowest BCUT2D eigenvalue weighted by Gasteiger charge is -2.22. The van der Waals surface area contributed by atoms with Crippen LogP contribution < -0.4 is 10.2 Å². The van der Waals surface area contributed by atoms with E-state index in [1.165, 1.54) is 19.3 Å². The number of nitrogens with one attached hydrogen (secondary N) is 1. The van der Waals surface area contributed by atoms with E-state index in [2.05, 4.69) is 29.3 Å². The van der Waals surface area contributed by atoms with Crippen molar-refractivity contribution >= 4 is 39.4 Å². The summed E-state index contributed by atoms with van der Waals surface area (Å²) in [7, 11) is 1.65. The van der Waals surface area contributed by atoms with Crippen molar-refractivity contribution < 1.29 is 4.79 Å². The van der Waals surface area contributed by atoms with E-state index in [0.717, 1.165) is 46.9 Å². The second-order valence-electron chi connectivity index (χ2n) is 8.00. The molecule has 1 aromatic carbocycles. The largest absolute Gasteiger partial charge is 0.357 e. The number of hydrogen-bond acceptors (Lipinski definition) is 4. The SMILES string of the molecule is CNC(=O)c1cc2ccc(N3CCCC(C)CC3)nc2n2c1nc1ccccc12. The fraction of sp³-hybridized carbons (Fsp3) is 0.348. The van der Waals surface area contributed by atoms with E-state index in [1.807, 2.05) is 34.7 Å². The van der Waals surface area contributed by atoms with E-state index in [0.29, 0.717) is 11.2 Å². The number of carbonyl (C=O) groups is 1. The second-order valence-corrected chi connectivity index (χ2v) is 8.00. The number of para-hydroxylation sites is 2. The summed E-state index contributed by atoms with van der Waals surface area (Å²) in [5.74, 6) is 1.62. The summed E-state index contributed by atoms with van der Waals surface area (Å²) >= 11 is 0. The first kappa shape index (κ1) is 17.9. The van der Waals surface area contributed by atoms with Gasteiger partial charge in [-0.05, 0) is 55.5 Å². The summed E-state index contributed by atoms with van der Waals surface area (Å²) in [6.45, 7) is 4.40. The molecule has 29 heavy (non-hydrogen) atoms. The van der Waals surface area contributed by atoms with Gasteiger partial charge in [0.25, 0.3) is 5.91 Å². The number of pyridine rings is 2. The van der Waals surface area contributed by atoms with E-state index < -0.39 is 0 Å². The predicted molar refractivity (Wildman–Crippen MR) is 117 cm³/mol. The zero-order valence-electron chi connectivity index (χ0n) is 16.9. The number of anilines is 1. The van der Waals surface area contributed by atoms with Gasteiger partial charge in [0.15, 0.2) is 5.65 Å². The van der Waals surface area contributed by atoms with Crippen molar-refractivity contribution in [3.8, 4) is 0 Å². The molecule has 148 valence electrons. The van der Waals surface area contributed by atoms with Crippen LogP contribution in [0.5, 0.6) is 0 Å². The van der Waals surface area contributed by atoms with E-state index >= 15 is 0 Å². The monoisotopic (exact) mass is 387 g/mol. The number of nitrogens with zero attached hydrogens (tertiary/aromatic N) is 4. The third-order valence-corrected chi connectivity index (χ3v) is 6.02. The van der Waals surface area contributed by atoms with Crippen LogP contribution in [-0.2, 0) is 0 Å². The van der Waals surface area contributed by atoms with Crippen LogP contribution in [-0.4, -0.2) is 40.4 Å². The smallest absolute Gasteiger partial charge is 0.254 e. The minimum atomic E-state index is -0.141. The predicted octanol–water partition coefficient (Wildman–Crippen LogP) is 4.02. The van der Waals surface area contributed by atoms with Gasteiger partial charge in [-0.3, -0.25) is 9.20 Å². The lowest BCUT2D eigenvalue weighted by Crippen LogP contribution is -2.25. The minimum absolute atomic E-state index is 0.141. The molecule has 1 aliphatic rings. The summed E-state index contributed by atoms with van der Waals surface area (Å²) in [5, 5.41) is 3.67. The van der Waals surface area contributed by atoms with Gasteiger partial charge in [-0.1, -0.05) is 19.1 Å². The van der Waals surface area contributed by atoms with E-state index in [4.69, 9.17) is 9.97 Å². The molecule has 1 aliphatic heterocycles. The normalized spacial score (nSPS) is 17.7. The highest BCUT2D eigenvalue weighted by molar-refractivity contribution is 6.05. The van der Waals surface area contributed by atoms with E-state index in [-0.39, 0.29) is 5.91 Å². The summed E-state index contributed by atoms with van der Waals surface area (Å²) in [5.41, 5.74) is 3.88. The first-order valence-electron chi connectivity index (χ1n) is 10.3. The van der Waals surface area contributed by atoms with Gasteiger partial charge in [-0.25, -0.2) is 9.97 Å². The zero-order chi connectivity index (χ0) is 20.0. The van der Waals surface area contributed by atoms with Crippen LogP contribution in [0.4, 0.5) is 5.82 Å². The molecule has 4 heterocycles. The molecule has 4 aromatic rings. The molecule has 0 radical (unpaired) electrons. The second kappa shape index (κ2) is 7.03. The molecule has 6 heteroatoms. The average Bonchev–Trinajstić information content (AvgIpc) is 3.01. The van der Waals surface area contributed by atoms with Gasteiger partial charge in [-0.15, -0.1) is 0 Å². The fourth-order valence-electron chi connectivity index (χ4n) is 4.35. The van der Waals surface area contributed by atoms with Gasteiger partial charge in [-0.2, -0.15) is 0 Å². The lowest BCUT2D eigenvalue weighted by atomic mass is 10.0. The lowest BCUT2D eigenvalue weighted by molar-refractivity contribution is 0.0964. The van der Waals surface area contributed by atoms with Crippen molar-refractivity contribution in [1.29, 1.82) is 0 Å². The molecule has 1 unspecified atom stereocenters. The van der Waals surface area contributed by atoms with Crippen molar-refractivity contribution in [1.82, 2.24) is 19.7 Å². The third-order valence-electron chi connectivity index (χ3n) is 6.02. The quantitative estimate of drug-likeness (QED) is 0.564. The summed E-state index contributed by atoms with van der Waals surface area (Å²) in [4.78, 5) is 24.7. The Morgan fingerprint density at radius 1 is 1.07 bits per heavy atom. The highest BCUT2D eigenvalue weighted by Gasteiger charge is 2.20. The zero-order valence-corrected chi connectivity index (χ0v) is 16.9. The molecule has 0 aliphatic carbocycles. The Morgan fingerprint density at radius 3 is 2.79 bits per heavy atom. The van der Waals surface area contributed by atoms with Crippen LogP contribution in [0.25, 0.3) is 27.7 Å². The maximum Gasteiger partial charge on any atom is 0.254 e. The third kappa shape index (κ3) is 2.99. The van der Waals surface area contributed by atoms with Gasteiger partial charge in [0.2, 0.25) is 0 Å². The number of rotatable bonds is 2. The van der Waals surface area contributed by atoms with Gasteiger partial charge >= 0.3 is 0 Å². The standard InChI is InChI=1S/C23H25N5O/c1-15-6-5-12-27(13-11-15)20-10-9-16-14-17(23(29)24-2)22-25-18-7-3-4-8-19(18)28(22)21(16)26-20/h3-4,7-10,14-15H,5-6,11-13H2,1-2H3,(H,24,29). The Balaban J connectivity index is 1.76. The number of benzene rings is 1. The molecule has 1 fully saturated rings. The summed E-state index contributed by atoms with van der Waals surface area (Å²) in [6, 6.07) is 14.0. The molecular weight excluding hydrogens is 362 g/mol. The highest BCUT2D eigenvalue weighted by Crippen LogP contribution is 2.28. The van der Waals surface area contributed by atoms with Gasteiger partial charge in [0.1, 0.15) is 11.5 Å². The topological polar surface area (TPSA) is 62.5 Å². The number of fused-ring (bicyclic) bond motifs is 5. The maximum atomic E-state index is 12.5.